The van der Waals surface area contributed by atoms with E-state index in [1.54, 1.807) is 13.8 Å². The van der Waals surface area contributed by atoms with E-state index < -0.39 is 30.5 Å². The van der Waals surface area contributed by atoms with Gasteiger partial charge in [-0.25, -0.2) is 9.59 Å². The van der Waals surface area contributed by atoms with Crippen LogP contribution in [-0.2, 0) is 14.3 Å². The lowest BCUT2D eigenvalue weighted by molar-refractivity contribution is -0.128. The first-order chi connectivity index (χ1) is 12.2. The van der Waals surface area contributed by atoms with Crippen LogP contribution in [0.5, 0.6) is 0 Å². The lowest BCUT2D eigenvalue weighted by Crippen LogP contribution is -2.57. The van der Waals surface area contributed by atoms with Crippen LogP contribution in [0.4, 0.5) is 9.59 Å². The number of hydrogen-bond donors (Lipinski definition) is 5. The SMILES string of the molecule is CC1CN([C@H]2C[C@H](O)[C@@H](CO)O2)C(=O)NC1=O.CC1CNC(=O)NC1=O. The Morgan fingerprint density at radius 3 is 2.31 bits per heavy atom. The van der Waals surface area contributed by atoms with Crippen LogP contribution in [-0.4, -0.2) is 77.1 Å². The maximum Gasteiger partial charge on any atom is 0.326 e. The molecule has 0 aromatic carbocycles. The summed E-state index contributed by atoms with van der Waals surface area (Å²) in [5.41, 5.74) is 0. The molecule has 3 aliphatic rings. The Labute approximate surface area is 150 Å². The van der Waals surface area contributed by atoms with Gasteiger partial charge in [-0.05, 0) is 0 Å². The second kappa shape index (κ2) is 8.43. The van der Waals surface area contributed by atoms with Crippen molar-refractivity contribution < 1.29 is 34.1 Å². The molecule has 26 heavy (non-hydrogen) atoms. The van der Waals surface area contributed by atoms with E-state index in [0.717, 1.165) is 0 Å². The van der Waals surface area contributed by atoms with E-state index in [1.807, 2.05) is 0 Å². The molecule has 3 heterocycles. The van der Waals surface area contributed by atoms with E-state index in [4.69, 9.17) is 9.84 Å². The first kappa shape index (κ1) is 20.1. The summed E-state index contributed by atoms with van der Waals surface area (Å²) in [7, 11) is 0. The van der Waals surface area contributed by atoms with Crippen molar-refractivity contribution >= 4 is 23.9 Å². The number of aliphatic hydroxyl groups is 2. The van der Waals surface area contributed by atoms with Crippen molar-refractivity contribution in [2.24, 2.45) is 11.8 Å². The number of carbonyl (C=O) groups excluding carboxylic acids is 4. The molecule has 3 rings (SSSR count). The minimum absolute atomic E-state index is 0.0947. The highest BCUT2D eigenvalue weighted by Gasteiger charge is 2.41. The standard InChI is InChI=1S/C10H16N2O5.C5H8N2O2/c1-5-3-12(10(16)11-9(5)15)8-2-6(14)7(4-13)17-8;1-3-2-6-5(9)7-4(3)8/h5-8,13-14H,2-4H2,1H3,(H,11,15,16);3H,2H2,1H3,(H2,6,7,8,9)/t5?,6-,7+,8+;/m0./s1. The maximum absolute atomic E-state index is 11.6. The molecule has 3 fully saturated rings. The van der Waals surface area contributed by atoms with Gasteiger partial charge < -0.3 is 20.3 Å². The van der Waals surface area contributed by atoms with Gasteiger partial charge in [0, 0.05) is 19.5 Å². The molecule has 5 N–H and O–H groups in total. The molecule has 3 aliphatic heterocycles. The Bertz CT molecular complexity index is 584. The Morgan fingerprint density at radius 2 is 1.77 bits per heavy atom. The third kappa shape index (κ3) is 4.68. The van der Waals surface area contributed by atoms with Gasteiger partial charge in [-0.3, -0.25) is 25.1 Å². The number of urea groups is 2. The lowest BCUT2D eigenvalue weighted by atomic mass is 10.1. The van der Waals surface area contributed by atoms with E-state index in [2.05, 4.69) is 16.0 Å². The Balaban J connectivity index is 0.000000228. The summed E-state index contributed by atoms with van der Waals surface area (Å²) in [6.45, 7) is 3.89. The zero-order valence-corrected chi connectivity index (χ0v) is 14.6. The van der Waals surface area contributed by atoms with E-state index in [1.165, 1.54) is 4.90 Å². The maximum atomic E-state index is 11.6. The highest BCUT2D eigenvalue weighted by Crippen LogP contribution is 2.25. The van der Waals surface area contributed by atoms with E-state index in [-0.39, 0.29) is 43.2 Å². The summed E-state index contributed by atoms with van der Waals surface area (Å²) < 4.78 is 5.37. The van der Waals surface area contributed by atoms with Crippen LogP contribution in [0.3, 0.4) is 0 Å². The van der Waals surface area contributed by atoms with Crippen LogP contribution in [0.1, 0.15) is 20.3 Å². The van der Waals surface area contributed by atoms with Crippen molar-refractivity contribution in [3.05, 3.63) is 0 Å². The van der Waals surface area contributed by atoms with Gasteiger partial charge in [0.25, 0.3) is 0 Å². The normalized spacial score (nSPS) is 34.5. The van der Waals surface area contributed by atoms with Crippen molar-refractivity contribution in [2.75, 3.05) is 19.7 Å². The van der Waals surface area contributed by atoms with Crippen LogP contribution in [0, 0.1) is 11.8 Å². The number of nitrogens with zero attached hydrogens (tertiary/aromatic N) is 1. The van der Waals surface area contributed by atoms with Crippen molar-refractivity contribution in [1.29, 1.82) is 0 Å². The van der Waals surface area contributed by atoms with Gasteiger partial charge in [0.15, 0.2) is 0 Å². The molecule has 0 aromatic heterocycles. The van der Waals surface area contributed by atoms with Crippen LogP contribution >= 0.6 is 0 Å². The molecule has 6 amide bonds. The van der Waals surface area contributed by atoms with Crippen molar-refractivity contribution in [2.45, 2.75) is 38.7 Å². The molecule has 2 unspecified atom stereocenters. The van der Waals surface area contributed by atoms with E-state index in [0.29, 0.717) is 6.54 Å². The molecule has 0 bridgehead atoms. The largest absolute Gasteiger partial charge is 0.394 e. The summed E-state index contributed by atoms with van der Waals surface area (Å²) in [4.78, 5) is 45.3. The fourth-order valence-electron chi connectivity index (χ4n) is 2.70. The van der Waals surface area contributed by atoms with E-state index in [9.17, 15) is 24.3 Å². The smallest absolute Gasteiger partial charge is 0.326 e. The predicted molar refractivity (Wildman–Crippen MR) is 86.5 cm³/mol. The molecule has 0 aliphatic carbocycles. The Morgan fingerprint density at radius 1 is 1.12 bits per heavy atom. The Kier molecular flexibility index (Phi) is 6.51. The zero-order chi connectivity index (χ0) is 19.4. The molecule has 146 valence electrons. The molecule has 0 radical (unpaired) electrons. The third-order valence-corrected chi connectivity index (χ3v) is 4.39. The lowest BCUT2D eigenvalue weighted by Gasteiger charge is -2.34. The van der Waals surface area contributed by atoms with Crippen LogP contribution in [0.15, 0.2) is 0 Å². The number of nitrogens with one attached hydrogen (secondary N) is 3. The van der Waals surface area contributed by atoms with Gasteiger partial charge in [0.05, 0.1) is 24.5 Å². The van der Waals surface area contributed by atoms with Gasteiger partial charge in [0.2, 0.25) is 11.8 Å². The second-order valence-corrected chi connectivity index (χ2v) is 6.56. The highest BCUT2D eigenvalue weighted by molar-refractivity contribution is 5.98. The first-order valence-corrected chi connectivity index (χ1v) is 8.37. The third-order valence-electron chi connectivity index (χ3n) is 4.39. The molecule has 3 saturated heterocycles. The minimum Gasteiger partial charge on any atom is -0.394 e. The number of imide groups is 2. The minimum atomic E-state index is -0.786. The predicted octanol–water partition coefficient (Wildman–Crippen LogP) is -1.90. The summed E-state index contributed by atoms with van der Waals surface area (Å²) in [6, 6.07) is -0.901. The van der Waals surface area contributed by atoms with Crippen molar-refractivity contribution in [1.82, 2.24) is 20.9 Å². The van der Waals surface area contributed by atoms with Crippen molar-refractivity contribution in [3.8, 4) is 0 Å². The summed E-state index contributed by atoms with van der Waals surface area (Å²) in [6.07, 6.45) is -1.79. The van der Waals surface area contributed by atoms with Crippen LogP contribution < -0.4 is 16.0 Å². The van der Waals surface area contributed by atoms with Crippen LogP contribution in [0.2, 0.25) is 0 Å². The molecule has 0 aromatic rings. The first-order valence-electron chi connectivity index (χ1n) is 8.37. The summed E-state index contributed by atoms with van der Waals surface area (Å²) in [5.74, 6) is -0.897. The van der Waals surface area contributed by atoms with Gasteiger partial charge in [-0.15, -0.1) is 0 Å². The number of carbonyl (C=O) groups is 4. The average Bonchev–Trinajstić information content (AvgIpc) is 2.96. The van der Waals surface area contributed by atoms with Crippen molar-refractivity contribution in [3.63, 3.8) is 0 Å². The van der Waals surface area contributed by atoms with Crippen LogP contribution in [0.25, 0.3) is 0 Å². The second-order valence-electron chi connectivity index (χ2n) is 6.56. The average molecular weight is 372 g/mol. The van der Waals surface area contributed by atoms with Gasteiger partial charge in [0.1, 0.15) is 12.3 Å². The van der Waals surface area contributed by atoms with Gasteiger partial charge >= 0.3 is 12.1 Å². The number of aliphatic hydroxyl groups excluding tert-OH is 2. The number of rotatable bonds is 2. The Hall–Kier alpha value is -2.24. The highest BCUT2D eigenvalue weighted by atomic mass is 16.5. The zero-order valence-electron chi connectivity index (χ0n) is 14.6. The fraction of sp³-hybridized carbons (Fsp3) is 0.733. The van der Waals surface area contributed by atoms with Gasteiger partial charge in [-0.2, -0.15) is 0 Å². The molecule has 5 atom stereocenters. The quantitative estimate of drug-likeness (QED) is 0.379. The molecule has 0 spiro atoms. The molecular weight excluding hydrogens is 348 g/mol. The number of hydrogen-bond acceptors (Lipinski definition) is 7. The molecule has 0 saturated carbocycles. The monoisotopic (exact) mass is 372 g/mol. The number of ether oxygens (including phenoxy) is 1. The molecular formula is C15H24N4O7. The van der Waals surface area contributed by atoms with Gasteiger partial charge in [-0.1, -0.05) is 13.8 Å². The summed E-state index contributed by atoms with van der Waals surface area (Å²) in [5, 5.41) is 25.4. The molecule has 11 nitrogen and oxygen atoms in total. The topological polar surface area (TPSA) is 157 Å². The van der Waals surface area contributed by atoms with E-state index >= 15 is 0 Å². The number of amides is 6. The molecule has 11 heteroatoms. The summed E-state index contributed by atoms with van der Waals surface area (Å²) >= 11 is 0. The fourth-order valence-corrected chi connectivity index (χ4v) is 2.70.